The molecule has 2 heterocycles. The zero-order valence-electron chi connectivity index (χ0n) is 20.2. The summed E-state index contributed by atoms with van der Waals surface area (Å²) >= 11 is 1.71. The van der Waals surface area contributed by atoms with Gasteiger partial charge in [0.05, 0.1) is 5.54 Å². The van der Waals surface area contributed by atoms with E-state index in [0.29, 0.717) is 23.8 Å². The maximum absolute atomic E-state index is 13.6. The molecule has 1 aromatic heterocycles. The van der Waals surface area contributed by atoms with Gasteiger partial charge in [0, 0.05) is 29.3 Å². The first-order chi connectivity index (χ1) is 15.1. The molecule has 0 spiro atoms. The van der Waals surface area contributed by atoms with Crippen molar-refractivity contribution >= 4 is 23.2 Å². The van der Waals surface area contributed by atoms with Crippen LogP contribution in [0, 0.1) is 34.5 Å². The second-order valence-electron chi connectivity index (χ2n) is 11.9. The summed E-state index contributed by atoms with van der Waals surface area (Å²) in [7, 11) is 1.98. The molecule has 4 nitrogen and oxygen atoms in total. The van der Waals surface area contributed by atoms with Gasteiger partial charge in [-0.3, -0.25) is 9.59 Å². The third-order valence-corrected chi connectivity index (χ3v) is 11.2. The van der Waals surface area contributed by atoms with Crippen molar-refractivity contribution in [3.63, 3.8) is 0 Å². The maximum atomic E-state index is 13.6. The second kappa shape index (κ2) is 7.44. The first-order valence-electron chi connectivity index (χ1n) is 12.4. The molecule has 1 N–H and O–H groups in total. The Morgan fingerprint density at radius 1 is 1.16 bits per heavy atom. The fourth-order valence-electron chi connectivity index (χ4n) is 8.26. The smallest absolute Gasteiger partial charge is 0.246 e. The van der Waals surface area contributed by atoms with Crippen LogP contribution < -0.4 is 5.32 Å². The number of amides is 2. The van der Waals surface area contributed by atoms with E-state index >= 15 is 0 Å². The minimum Gasteiger partial charge on any atom is -0.346 e. The summed E-state index contributed by atoms with van der Waals surface area (Å²) in [5.41, 5.74) is -0.180. The number of likely N-dealkylation sites (N-methyl/N-ethyl adjacent to an activating group) is 1. The van der Waals surface area contributed by atoms with Crippen LogP contribution in [0.4, 0.5) is 0 Å². The van der Waals surface area contributed by atoms with Crippen LogP contribution in [0.5, 0.6) is 0 Å². The van der Waals surface area contributed by atoms with Crippen molar-refractivity contribution < 1.29 is 9.59 Å². The summed E-state index contributed by atoms with van der Waals surface area (Å²) in [6.45, 7) is 9.04. The Kier molecular flexibility index (Phi) is 5.16. The Morgan fingerprint density at radius 3 is 2.66 bits per heavy atom. The lowest BCUT2D eigenvalue weighted by molar-refractivity contribution is -0.143. The SMILES string of the molecule is CN1C(=O)C=C[C@@]2(C)C1CC[C@@H]1[C@H]2CC[C@]2(C)C(C(=O)NC(C)(C)c3cccs3)CC[C@@H]12. The van der Waals surface area contributed by atoms with Gasteiger partial charge in [0.25, 0.3) is 0 Å². The predicted octanol–water partition coefficient (Wildman–Crippen LogP) is 5.36. The lowest BCUT2D eigenvalue weighted by Gasteiger charge is -2.60. The van der Waals surface area contributed by atoms with E-state index in [0.717, 1.165) is 32.1 Å². The molecule has 2 unspecified atom stereocenters. The van der Waals surface area contributed by atoms with E-state index in [9.17, 15) is 9.59 Å². The Bertz CT molecular complexity index is 937. The zero-order chi connectivity index (χ0) is 22.9. The van der Waals surface area contributed by atoms with Gasteiger partial charge >= 0.3 is 0 Å². The molecule has 5 heteroatoms. The molecule has 5 rings (SSSR count). The lowest BCUT2D eigenvalue weighted by atomic mass is 9.47. The highest BCUT2D eigenvalue weighted by Crippen LogP contribution is 2.65. The van der Waals surface area contributed by atoms with Crippen molar-refractivity contribution in [2.24, 2.45) is 34.5 Å². The summed E-state index contributed by atoms with van der Waals surface area (Å²) in [5, 5.41) is 5.49. The number of rotatable bonds is 3. The number of hydrogen-bond donors (Lipinski definition) is 1. The molecule has 1 aromatic rings. The van der Waals surface area contributed by atoms with E-state index in [2.05, 4.69) is 56.6 Å². The number of fused-ring (bicyclic) bond motifs is 5. The van der Waals surface area contributed by atoms with Gasteiger partial charge in [0.2, 0.25) is 11.8 Å². The highest BCUT2D eigenvalue weighted by Gasteiger charge is 2.61. The van der Waals surface area contributed by atoms with E-state index in [-0.39, 0.29) is 34.1 Å². The van der Waals surface area contributed by atoms with E-state index in [4.69, 9.17) is 0 Å². The van der Waals surface area contributed by atoms with Crippen LogP contribution in [-0.4, -0.2) is 29.8 Å². The Labute approximate surface area is 196 Å². The van der Waals surface area contributed by atoms with Gasteiger partial charge in [0.1, 0.15) is 0 Å². The van der Waals surface area contributed by atoms with Crippen molar-refractivity contribution in [2.45, 2.75) is 77.8 Å². The van der Waals surface area contributed by atoms with Crippen LogP contribution in [0.15, 0.2) is 29.7 Å². The summed E-state index contributed by atoms with van der Waals surface area (Å²) in [5.74, 6) is 2.37. The topological polar surface area (TPSA) is 49.4 Å². The van der Waals surface area contributed by atoms with Crippen molar-refractivity contribution in [3.05, 3.63) is 34.5 Å². The van der Waals surface area contributed by atoms with E-state index in [1.807, 2.05) is 18.0 Å². The quantitative estimate of drug-likeness (QED) is 0.669. The molecule has 3 fully saturated rings. The standard InChI is InChI=1S/C27H38N2O2S/c1-25(2,22-7-6-16-32-22)28-24(31)20-10-9-18-17-8-11-21-27(4,15-13-23(30)29(21)5)19(17)12-14-26(18,20)3/h6-7,13,15-21H,8-12,14H2,1-5H3,(H,28,31)/t17-,18-,19+,20?,21?,26-,27+/m0/s1. The Balaban J connectivity index is 1.37. The van der Waals surface area contributed by atoms with Crippen LogP contribution in [0.1, 0.15) is 71.1 Å². The summed E-state index contributed by atoms with van der Waals surface area (Å²) in [6, 6.07) is 4.50. The van der Waals surface area contributed by atoms with Crippen molar-refractivity contribution in [3.8, 4) is 0 Å². The first kappa shape index (κ1) is 22.2. The van der Waals surface area contributed by atoms with E-state index < -0.39 is 0 Å². The fourth-order valence-corrected chi connectivity index (χ4v) is 9.07. The summed E-state index contributed by atoms with van der Waals surface area (Å²) in [6.07, 6.45) is 10.8. The monoisotopic (exact) mass is 454 g/mol. The van der Waals surface area contributed by atoms with Gasteiger partial charge < -0.3 is 10.2 Å². The first-order valence-corrected chi connectivity index (χ1v) is 13.3. The fraction of sp³-hybridized carbons (Fsp3) is 0.704. The van der Waals surface area contributed by atoms with E-state index in [1.165, 1.54) is 11.3 Å². The third-order valence-electron chi connectivity index (χ3n) is 10.0. The van der Waals surface area contributed by atoms with Gasteiger partial charge in [0.15, 0.2) is 0 Å². The molecule has 0 bridgehead atoms. The van der Waals surface area contributed by atoms with Gasteiger partial charge in [-0.05, 0) is 93.1 Å². The highest BCUT2D eigenvalue weighted by molar-refractivity contribution is 7.10. The zero-order valence-corrected chi connectivity index (χ0v) is 21.0. The number of carbonyl (C=O) groups is 2. The molecule has 0 radical (unpaired) electrons. The summed E-state index contributed by atoms with van der Waals surface area (Å²) < 4.78 is 0. The number of thiophene rings is 1. The Hall–Kier alpha value is -1.62. The second-order valence-corrected chi connectivity index (χ2v) is 12.8. The van der Waals surface area contributed by atoms with Gasteiger partial charge in [-0.2, -0.15) is 0 Å². The average Bonchev–Trinajstić information content (AvgIpc) is 3.39. The molecule has 174 valence electrons. The van der Waals surface area contributed by atoms with Crippen LogP contribution in [0.25, 0.3) is 0 Å². The number of nitrogens with zero attached hydrogens (tertiary/aromatic N) is 1. The van der Waals surface area contributed by atoms with Crippen LogP contribution in [0.2, 0.25) is 0 Å². The van der Waals surface area contributed by atoms with Crippen LogP contribution >= 0.6 is 11.3 Å². The molecular weight excluding hydrogens is 416 g/mol. The highest BCUT2D eigenvalue weighted by atomic mass is 32.1. The van der Waals surface area contributed by atoms with Gasteiger partial charge in [-0.25, -0.2) is 0 Å². The lowest BCUT2D eigenvalue weighted by Crippen LogP contribution is -2.60. The minimum absolute atomic E-state index is 0.0639. The number of nitrogens with one attached hydrogen (secondary N) is 1. The Morgan fingerprint density at radius 2 is 1.94 bits per heavy atom. The number of carbonyl (C=O) groups excluding carboxylic acids is 2. The largest absolute Gasteiger partial charge is 0.346 e. The van der Waals surface area contributed by atoms with Crippen LogP contribution in [-0.2, 0) is 15.1 Å². The molecular formula is C27H38N2O2S. The van der Waals surface area contributed by atoms with Crippen molar-refractivity contribution in [2.75, 3.05) is 7.05 Å². The molecule has 3 aliphatic carbocycles. The molecule has 7 atom stereocenters. The van der Waals surface area contributed by atoms with Crippen molar-refractivity contribution in [1.82, 2.24) is 10.2 Å². The number of hydrogen-bond acceptors (Lipinski definition) is 3. The molecule has 32 heavy (non-hydrogen) atoms. The van der Waals surface area contributed by atoms with Crippen molar-refractivity contribution in [1.29, 1.82) is 0 Å². The molecule has 1 aliphatic heterocycles. The molecule has 2 amide bonds. The average molecular weight is 455 g/mol. The minimum atomic E-state index is -0.327. The predicted molar refractivity (Wildman–Crippen MR) is 129 cm³/mol. The molecule has 0 aromatic carbocycles. The third kappa shape index (κ3) is 3.13. The summed E-state index contributed by atoms with van der Waals surface area (Å²) in [4.78, 5) is 29.1. The molecule has 3 saturated carbocycles. The van der Waals surface area contributed by atoms with E-state index in [1.54, 1.807) is 11.3 Å². The van der Waals surface area contributed by atoms with Gasteiger partial charge in [-0.1, -0.05) is 26.0 Å². The van der Waals surface area contributed by atoms with Crippen LogP contribution in [0.3, 0.4) is 0 Å². The molecule has 0 saturated heterocycles. The maximum Gasteiger partial charge on any atom is 0.246 e. The normalized spacial score (nSPS) is 41.1. The van der Waals surface area contributed by atoms with Gasteiger partial charge in [-0.15, -0.1) is 11.3 Å². The molecule has 4 aliphatic rings.